The standard InChI is InChI=1S/C8H18N2O2/c1-7(2,9)5-10-8(3,4)6(11)12/h10H,5,9H2,1-4H3,(H,11,12). The monoisotopic (exact) mass is 174 g/mol. The van der Waals surface area contributed by atoms with Gasteiger partial charge in [-0.3, -0.25) is 4.79 Å². The smallest absolute Gasteiger partial charge is 0.323 e. The molecule has 0 bridgehead atoms. The van der Waals surface area contributed by atoms with Crippen LogP contribution in [0.1, 0.15) is 27.7 Å². The third-order valence-corrected chi connectivity index (χ3v) is 1.52. The van der Waals surface area contributed by atoms with E-state index in [1.54, 1.807) is 13.8 Å². The number of nitrogens with one attached hydrogen (secondary N) is 1. The fourth-order valence-electron chi connectivity index (χ4n) is 0.524. The summed E-state index contributed by atoms with van der Waals surface area (Å²) in [4.78, 5) is 10.6. The van der Waals surface area contributed by atoms with Crippen LogP contribution in [-0.2, 0) is 4.79 Å². The number of hydrogen-bond acceptors (Lipinski definition) is 3. The van der Waals surface area contributed by atoms with Crippen molar-refractivity contribution in [2.24, 2.45) is 5.73 Å². The Morgan fingerprint density at radius 1 is 1.42 bits per heavy atom. The zero-order chi connectivity index (χ0) is 9.99. The summed E-state index contributed by atoms with van der Waals surface area (Å²) in [5.74, 6) is -0.869. The summed E-state index contributed by atoms with van der Waals surface area (Å²) >= 11 is 0. The zero-order valence-electron chi connectivity index (χ0n) is 8.14. The average molecular weight is 174 g/mol. The normalized spacial score (nSPS) is 13.1. The number of nitrogens with two attached hydrogens (primary N) is 1. The number of carboxylic acids is 1. The summed E-state index contributed by atoms with van der Waals surface area (Å²) in [6.07, 6.45) is 0. The molecule has 0 atom stereocenters. The van der Waals surface area contributed by atoms with E-state index in [2.05, 4.69) is 5.32 Å². The van der Waals surface area contributed by atoms with Gasteiger partial charge >= 0.3 is 5.97 Å². The Hall–Kier alpha value is -0.610. The highest BCUT2D eigenvalue weighted by atomic mass is 16.4. The molecule has 4 heteroatoms. The fourth-order valence-corrected chi connectivity index (χ4v) is 0.524. The van der Waals surface area contributed by atoms with Gasteiger partial charge in [-0.1, -0.05) is 0 Å². The molecule has 0 heterocycles. The highest BCUT2D eigenvalue weighted by Crippen LogP contribution is 2.03. The van der Waals surface area contributed by atoms with E-state index in [-0.39, 0.29) is 5.54 Å². The van der Waals surface area contributed by atoms with E-state index in [1.165, 1.54) is 0 Å². The van der Waals surface area contributed by atoms with Crippen molar-refractivity contribution in [1.82, 2.24) is 5.32 Å². The SMILES string of the molecule is CC(C)(N)CNC(C)(C)C(=O)O. The largest absolute Gasteiger partial charge is 0.480 e. The molecule has 0 unspecified atom stereocenters. The van der Waals surface area contributed by atoms with Gasteiger partial charge in [0.2, 0.25) is 0 Å². The van der Waals surface area contributed by atoms with Crippen molar-refractivity contribution in [3.05, 3.63) is 0 Å². The van der Waals surface area contributed by atoms with E-state index < -0.39 is 11.5 Å². The molecule has 0 saturated heterocycles. The lowest BCUT2D eigenvalue weighted by Gasteiger charge is -2.27. The molecule has 0 aromatic carbocycles. The first-order chi connectivity index (χ1) is 5.15. The summed E-state index contributed by atoms with van der Waals surface area (Å²) < 4.78 is 0. The second kappa shape index (κ2) is 3.41. The van der Waals surface area contributed by atoms with Gasteiger partial charge in [-0.25, -0.2) is 0 Å². The molecule has 0 amide bonds. The van der Waals surface area contributed by atoms with Crippen molar-refractivity contribution >= 4 is 5.97 Å². The number of hydrogen-bond donors (Lipinski definition) is 3. The molecule has 0 rings (SSSR count). The Balaban J connectivity index is 4.01. The van der Waals surface area contributed by atoms with Crippen LogP contribution in [0, 0.1) is 0 Å². The van der Waals surface area contributed by atoms with Gasteiger partial charge < -0.3 is 16.2 Å². The van der Waals surface area contributed by atoms with Gasteiger partial charge in [0.1, 0.15) is 5.54 Å². The first kappa shape index (κ1) is 11.4. The quantitative estimate of drug-likeness (QED) is 0.568. The maximum absolute atomic E-state index is 10.6. The van der Waals surface area contributed by atoms with E-state index in [0.717, 1.165) is 0 Å². The lowest BCUT2D eigenvalue weighted by atomic mass is 10.0. The predicted octanol–water partition coefficient (Wildman–Crippen LogP) is 0.177. The second-order valence-corrected chi connectivity index (χ2v) is 4.27. The van der Waals surface area contributed by atoms with Crippen molar-refractivity contribution in [3.8, 4) is 0 Å². The van der Waals surface area contributed by atoms with E-state index in [9.17, 15) is 4.79 Å². The minimum Gasteiger partial charge on any atom is -0.480 e. The molecule has 0 aliphatic heterocycles. The highest BCUT2D eigenvalue weighted by Gasteiger charge is 2.27. The van der Waals surface area contributed by atoms with Crippen molar-refractivity contribution in [2.45, 2.75) is 38.8 Å². The van der Waals surface area contributed by atoms with Gasteiger partial charge in [-0.05, 0) is 27.7 Å². The van der Waals surface area contributed by atoms with Crippen LogP contribution in [0.5, 0.6) is 0 Å². The minimum absolute atomic E-state index is 0.382. The van der Waals surface area contributed by atoms with Gasteiger partial charge in [0.15, 0.2) is 0 Å². The zero-order valence-corrected chi connectivity index (χ0v) is 8.14. The third-order valence-electron chi connectivity index (χ3n) is 1.52. The predicted molar refractivity (Wildman–Crippen MR) is 48.0 cm³/mol. The molecule has 0 spiro atoms. The van der Waals surface area contributed by atoms with E-state index in [0.29, 0.717) is 6.54 Å². The van der Waals surface area contributed by atoms with Crippen LogP contribution in [0.15, 0.2) is 0 Å². The minimum atomic E-state index is -0.906. The Bertz CT molecular complexity index is 170. The maximum Gasteiger partial charge on any atom is 0.323 e. The summed E-state index contributed by atoms with van der Waals surface area (Å²) in [5, 5.41) is 11.6. The van der Waals surface area contributed by atoms with Gasteiger partial charge in [-0.15, -0.1) is 0 Å². The van der Waals surface area contributed by atoms with Crippen LogP contribution in [0.25, 0.3) is 0 Å². The number of carbonyl (C=O) groups is 1. The van der Waals surface area contributed by atoms with Crippen molar-refractivity contribution in [3.63, 3.8) is 0 Å². The van der Waals surface area contributed by atoms with Crippen LogP contribution in [-0.4, -0.2) is 28.7 Å². The molecule has 12 heavy (non-hydrogen) atoms. The number of rotatable bonds is 4. The molecule has 0 aromatic rings. The van der Waals surface area contributed by atoms with Crippen LogP contribution in [0.2, 0.25) is 0 Å². The lowest BCUT2D eigenvalue weighted by molar-refractivity contribution is -0.143. The van der Waals surface area contributed by atoms with E-state index >= 15 is 0 Å². The molecule has 0 radical (unpaired) electrons. The van der Waals surface area contributed by atoms with Crippen molar-refractivity contribution < 1.29 is 9.90 Å². The Kier molecular flexibility index (Phi) is 3.24. The molecule has 0 aromatic heterocycles. The van der Waals surface area contributed by atoms with Crippen LogP contribution in [0.3, 0.4) is 0 Å². The summed E-state index contributed by atoms with van der Waals surface area (Å²) in [5.41, 5.74) is 4.40. The number of aliphatic carboxylic acids is 1. The molecule has 0 aliphatic rings. The first-order valence-corrected chi connectivity index (χ1v) is 3.92. The fraction of sp³-hybridized carbons (Fsp3) is 0.875. The number of carboxylic acid groups (broad SMARTS) is 1. The van der Waals surface area contributed by atoms with Crippen LogP contribution >= 0.6 is 0 Å². The first-order valence-electron chi connectivity index (χ1n) is 3.92. The van der Waals surface area contributed by atoms with Crippen LogP contribution in [0.4, 0.5) is 0 Å². The summed E-state index contributed by atoms with van der Waals surface area (Å²) in [6.45, 7) is 7.39. The Labute approximate surface area is 73.1 Å². The van der Waals surface area contributed by atoms with Gasteiger partial charge in [-0.2, -0.15) is 0 Å². The highest BCUT2D eigenvalue weighted by molar-refractivity contribution is 5.77. The molecule has 4 N–H and O–H groups in total. The Morgan fingerprint density at radius 3 is 2.08 bits per heavy atom. The molecular weight excluding hydrogens is 156 g/mol. The Morgan fingerprint density at radius 2 is 1.83 bits per heavy atom. The second-order valence-electron chi connectivity index (χ2n) is 4.27. The van der Waals surface area contributed by atoms with Crippen molar-refractivity contribution in [2.75, 3.05) is 6.54 Å². The molecule has 0 fully saturated rings. The van der Waals surface area contributed by atoms with Crippen molar-refractivity contribution in [1.29, 1.82) is 0 Å². The molecule has 4 nitrogen and oxygen atoms in total. The lowest BCUT2D eigenvalue weighted by Crippen LogP contribution is -2.54. The topological polar surface area (TPSA) is 75.3 Å². The van der Waals surface area contributed by atoms with E-state index in [4.69, 9.17) is 10.8 Å². The molecule has 0 saturated carbocycles. The van der Waals surface area contributed by atoms with E-state index in [1.807, 2.05) is 13.8 Å². The van der Waals surface area contributed by atoms with Gasteiger partial charge in [0.05, 0.1) is 0 Å². The molecular formula is C8H18N2O2. The molecule has 72 valence electrons. The summed E-state index contributed by atoms with van der Waals surface area (Å²) in [6, 6.07) is 0. The maximum atomic E-state index is 10.6. The van der Waals surface area contributed by atoms with Crippen LogP contribution < -0.4 is 11.1 Å². The molecule has 0 aliphatic carbocycles. The van der Waals surface area contributed by atoms with Gasteiger partial charge in [0.25, 0.3) is 0 Å². The van der Waals surface area contributed by atoms with Gasteiger partial charge in [0, 0.05) is 12.1 Å². The average Bonchev–Trinajstić information content (AvgIpc) is 1.82. The summed E-state index contributed by atoms with van der Waals surface area (Å²) in [7, 11) is 0. The third kappa shape index (κ3) is 4.31.